The van der Waals surface area contributed by atoms with E-state index < -0.39 is 17.6 Å². The summed E-state index contributed by atoms with van der Waals surface area (Å²) in [5, 5.41) is 0. The lowest BCUT2D eigenvalue weighted by atomic mass is 10.2. The Balaban J connectivity index is 1.82. The number of pyridine rings is 2. The zero-order chi connectivity index (χ0) is 22.8. The van der Waals surface area contributed by atoms with Crippen LogP contribution in [0.25, 0.3) is 11.0 Å². The molecule has 8 nitrogen and oxygen atoms in total. The average molecular weight is 437 g/mol. The van der Waals surface area contributed by atoms with Crippen molar-refractivity contribution in [1.29, 1.82) is 0 Å². The number of rotatable bonds is 8. The Morgan fingerprint density at radius 1 is 1.19 bits per heavy atom. The lowest BCUT2D eigenvalue weighted by Gasteiger charge is -2.24. The number of aromatic amines is 1. The highest BCUT2D eigenvalue weighted by atomic mass is 19.4. The number of hydrogen-bond donors (Lipinski definition) is 2. The average Bonchev–Trinajstić information content (AvgIpc) is 3.04. The molecule has 0 fully saturated rings. The minimum absolute atomic E-state index is 0.0465. The minimum atomic E-state index is -4.67. The number of likely N-dealkylation sites (N-methyl/N-ethyl adjacent to an activating group) is 2. The summed E-state index contributed by atoms with van der Waals surface area (Å²) in [6.07, 6.45) is -3.05. The van der Waals surface area contributed by atoms with Crippen molar-refractivity contribution < 1.29 is 13.2 Å². The number of anilines is 2. The lowest BCUT2D eigenvalue weighted by Crippen LogP contribution is -2.33. The van der Waals surface area contributed by atoms with Crippen LogP contribution in [0.3, 0.4) is 0 Å². The van der Waals surface area contributed by atoms with Crippen molar-refractivity contribution in [3.05, 3.63) is 46.1 Å². The Bertz CT molecular complexity index is 1090. The van der Waals surface area contributed by atoms with Gasteiger partial charge in [0.05, 0.1) is 12.1 Å². The summed E-state index contributed by atoms with van der Waals surface area (Å²) in [7, 11) is 1.95. The highest BCUT2D eigenvalue weighted by molar-refractivity contribution is 5.85. The van der Waals surface area contributed by atoms with Gasteiger partial charge in [0.15, 0.2) is 0 Å². The Labute approximate surface area is 177 Å². The van der Waals surface area contributed by atoms with E-state index in [-0.39, 0.29) is 23.4 Å². The summed E-state index contributed by atoms with van der Waals surface area (Å²) in [5.41, 5.74) is 4.73. The van der Waals surface area contributed by atoms with Gasteiger partial charge in [-0.25, -0.2) is 14.8 Å². The zero-order valence-corrected chi connectivity index (χ0v) is 17.7. The maximum Gasteiger partial charge on any atom is 0.433 e. The van der Waals surface area contributed by atoms with Gasteiger partial charge in [-0.05, 0) is 30.8 Å². The van der Waals surface area contributed by atoms with E-state index >= 15 is 0 Å². The number of nitrogens with two attached hydrogens (primary N) is 1. The monoisotopic (exact) mass is 437 g/mol. The molecule has 168 valence electrons. The van der Waals surface area contributed by atoms with Crippen LogP contribution < -0.4 is 16.3 Å². The first-order chi connectivity index (χ1) is 14.6. The predicted octanol–water partition coefficient (Wildman–Crippen LogP) is 2.55. The summed E-state index contributed by atoms with van der Waals surface area (Å²) in [6, 6.07) is 4.46. The number of nitrogens with zero attached hydrogens (tertiary/aromatic N) is 5. The summed E-state index contributed by atoms with van der Waals surface area (Å²) < 4.78 is 40.5. The van der Waals surface area contributed by atoms with E-state index in [1.165, 1.54) is 4.57 Å². The molecular weight excluding hydrogens is 411 g/mol. The van der Waals surface area contributed by atoms with Crippen molar-refractivity contribution in [1.82, 2.24) is 24.4 Å². The molecule has 11 heteroatoms. The van der Waals surface area contributed by atoms with Gasteiger partial charge in [-0.3, -0.25) is 4.57 Å². The number of halogens is 3. The van der Waals surface area contributed by atoms with Crippen LogP contribution in [0, 0.1) is 0 Å². The predicted molar refractivity (Wildman–Crippen MR) is 114 cm³/mol. The van der Waals surface area contributed by atoms with Crippen LogP contribution in [0.5, 0.6) is 0 Å². The largest absolute Gasteiger partial charge is 0.433 e. The Kier molecular flexibility index (Phi) is 6.54. The smallest absolute Gasteiger partial charge is 0.382 e. The van der Waals surface area contributed by atoms with E-state index in [1.807, 2.05) is 18.0 Å². The third-order valence-corrected chi connectivity index (χ3v) is 5.27. The molecule has 0 unspecified atom stereocenters. The van der Waals surface area contributed by atoms with E-state index in [4.69, 9.17) is 5.73 Å². The van der Waals surface area contributed by atoms with Gasteiger partial charge >= 0.3 is 11.9 Å². The number of hydrogen-bond acceptors (Lipinski definition) is 6. The molecule has 3 heterocycles. The van der Waals surface area contributed by atoms with E-state index in [0.717, 1.165) is 38.1 Å². The Morgan fingerprint density at radius 2 is 1.90 bits per heavy atom. The molecule has 0 radical (unpaired) electrons. The molecule has 0 aliphatic carbocycles. The van der Waals surface area contributed by atoms with E-state index in [2.05, 4.69) is 33.7 Å². The minimum Gasteiger partial charge on any atom is -0.382 e. The summed E-state index contributed by atoms with van der Waals surface area (Å²) in [5.74, 6) is 0.402. The number of nitrogens with one attached hydrogen (secondary N) is 1. The van der Waals surface area contributed by atoms with Crippen LogP contribution in [0.15, 0.2) is 29.2 Å². The molecule has 3 aromatic rings. The van der Waals surface area contributed by atoms with E-state index in [9.17, 15) is 18.0 Å². The third-order valence-electron chi connectivity index (χ3n) is 5.27. The number of alkyl halides is 3. The maximum absolute atomic E-state index is 13.1. The van der Waals surface area contributed by atoms with Gasteiger partial charge in [-0.15, -0.1) is 0 Å². The van der Waals surface area contributed by atoms with Gasteiger partial charge in [0, 0.05) is 26.3 Å². The van der Waals surface area contributed by atoms with Crippen molar-refractivity contribution in [3.8, 4) is 0 Å². The third kappa shape index (κ3) is 4.98. The molecule has 0 saturated carbocycles. The van der Waals surface area contributed by atoms with E-state index in [1.54, 1.807) is 12.3 Å². The van der Waals surface area contributed by atoms with Crippen LogP contribution in [0.2, 0.25) is 0 Å². The highest BCUT2D eigenvalue weighted by Gasteiger charge is 2.34. The molecular formula is C20H26F3N7O. The van der Waals surface area contributed by atoms with Crippen LogP contribution >= 0.6 is 0 Å². The summed E-state index contributed by atoms with van der Waals surface area (Å²) in [6.45, 7) is 7.96. The maximum atomic E-state index is 13.1. The second kappa shape index (κ2) is 8.96. The molecule has 3 rings (SSSR count). The summed E-state index contributed by atoms with van der Waals surface area (Å²) in [4.78, 5) is 27.0. The second-order valence-corrected chi connectivity index (χ2v) is 7.27. The standard InChI is InChI=1S/C20H26F3N7O/c1-4-29(5-2)9-8-28(3)16-7-6-13(11-25-16)12-30-14-10-15(20(21,22)23)26-18(24)17(14)27-19(30)31/h6-7,10-11H,4-5,8-9,12H2,1-3H3,(H2,24,26)(H,27,31). The second-order valence-electron chi connectivity index (χ2n) is 7.27. The topological polar surface area (TPSA) is 96.1 Å². The van der Waals surface area contributed by atoms with Gasteiger partial charge in [-0.1, -0.05) is 19.9 Å². The van der Waals surface area contributed by atoms with Crippen molar-refractivity contribution >= 4 is 22.7 Å². The Morgan fingerprint density at radius 3 is 2.48 bits per heavy atom. The highest BCUT2D eigenvalue weighted by Crippen LogP contribution is 2.31. The number of fused-ring (bicyclic) bond motifs is 1. The fourth-order valence-corrected chi connectivity index (χ4v) is 3.34. The van der Waals surface area contributed by atoms with Crippen molar-refractivity contribution in [3.63, 3.8) is 0 Å². The first kappa shape index (κ1) is 22.6. The quantitative estimate of drug-likeness (QED) is 0.562. The van der Waals surface area contributed by atoms with Gasteiger partial charge in [0.25, 0.3) is 0 Å². The van der Waals surface area contributed by atoms with Gasteiger partial charge in [0.2, 0.25) is 0 Å². The molecule has 31 heavy (non-hydrogen) atoms. The fraction of sp³-hybridized carbons (Fsp3) is 0.450. The first-order valence-corrected chi connectivity index (χ1v) is 9.98. The Hall–Kier alpha value is -3.08. The van der Waals surface area contributed by atoms with Crippen LogP contribution in [0.4, 0.5) is 24.8 Å². The fourth-order valence-electron chi connectivity index (χ4n) is 3.34. The molecule has 0 atom stereocenters. The molecule has 0 spiro atoms. The number of nitrogen functional groups attached to an aromatic ring is 1. The SMILES string of the molecule is CCN(CC)CCN(C)c1ccc(Cn2c(=O)[nH]c3c(N)nc(C(F)(F)F)cc32)cn1. The lowest BCUT2D eigenvalue weighted by molar-refractivity contribution is -0.141. The normalized spacial score (nSPS) is 12.1. The van der Waals surface area contributed by atoms with Crippen LogP contribution in [0.1, 0.15) is 25.1 Å². The van der Waals surface area contributed by atoms with Crippen LogP contribution in [-0.2, 0) is 12.7 Å². The number of imidazole rings is 1. The molecule has 0 amide bonds. The van der Waals surface area contributed by atoms with Crippen molar-refractivity contribution in [2.45, 2.75) is 26.6 Å². The first-order valence-electron chi connectivity index (χ1n) is 9.98. The zero-order valence-electron chi connectivity index (χ0n) is 17.7. The van der Waals surface area contributed by atoms with Gasteiger partial charge in [0.1, 0.15) is 22.8 Å². The summed E-state index contributed by atoms with van der Waals surface area (Å²) >= 11 is 0. The molecule has 0 aromatic carbocycles. The molecule has 0 saturated heterocycles. The van der Waals surface area contributed by atoms with Gasteiger partial charge in [-0.2, -0.15) is 13.2 Å². The van der Waals surface area contributed by atoms with Crippen molar-refractivity contribution in [2.24, 2.45) is 0 Å². The number of aromatic nitrogens is 4. The van der Waals surface area contributed by atoms with E-state index in [0.29, 0.717) is 5.56 Å². The van der Waals surface area contributed by atoms with Crippen LogP contribution in [-0.4, -0.2) is 57.6 Å². The molecule has 0 aliphatic rings. The van der Waals surface area contributed by atoms with Crippen molar-refractivity contribution in [2.75, 3.05) is 43.9 Å². The molecule has 0 aliphatic heterocycles. The molecule has 3 aromatic heterocycles. The van der Waals surface area contributed by atoms with Gasteiger partial charge < -0.3 is 20.5 Å². The number of H-pyrrole nitrogens is 1. The molecule has 3 N–H and O–H groups in total. The molecule has 0 bridgehead atoms.